The molecule has 1 aliphatic heterocycles. The molecule has 3 aromatic rings. The number of nitrogens with zero attached hydrogens (tertiary/aromatic N) is 5. The summed E-state index contributed by atoms with van der Waals surface area (Å²) in [6, 6.07) is 4.97. The Labute approximate surface area is 186 Å². The Balaban J connectivity index is 1.52. The van der Waals surface area contributed by atoms with Gasteiger partial charge < -0.3 is 4.90 Å². The number of rotatable bonds is 6. The number of H-pyrrole nitrogens is 1. The molecule has 0 aliphatic carbocycles. The number of anilines is 1. The first kappa shape index (κ1) is 22.4. The van der Waals surface area contributed by atoms with E-state index in [-0.39, 0.29) is 11.6 Å². The van der Waals surface area contributed by atoms with E-state index in [1.807, 2.05) is 18.9 Å². The van der Waals surface area contributed by atoms with Crippen LogP contribution < -0.4 is 10.5 Å². The molecule has 3 heterocycles. The Bertz CT molecular complexity index is 1220. The first-order valence-electron chi connectivity index (χ1n) is 10.2. The lowest BCUT2D eigenvalue weighted by atomic mass is 10.1. The van der Waals surface area contributed by atoms with Crippen LogP contribution in [0, 0.1) is 0 Å². The van der Waals surface area contributed by atoms with Crippen LogP contribution in [0.15, 0.2) is 34.1 Å². The molecular weight excluding hydrogens is 441 g/mol. The van der Waals surface area contributed by atoms with Crippen LogP contribution in [-0.2, 0) is 19.6 Å². The molecule has 0 bridgehead atoms. The summed E-state index contributed by atoms with van der Waals surface area (Å²) in [6.07, 6.45) is -2.73. The van der Waals surface area contributed by atoms with Gasteiger partial charge in [-0.25, -0.2) is 4.98 Å². The monoisotopic (exact) mass is 464 g/mol. The summed E-state index contributed by atoms with van der Waals surface area (Å²) >= 11 is 1.51. The third kappa shape index (κ3) is 4.38. The van der Waals surface area contributed by atoms with Crippen LogP contribution in [0.25, 0.3) is 11.0 Å². The molecule has 1 aromatic carbocycles. The van der Waals surface area contributed by atoms with Crippen LogP contribution in [0.4, 0.5) is 19.1 Å². The fourth-order valence-electron chi connectivity index (χ4n) is 3.69. The van der Waals surface area contributed by atoms with Gasteiger partial charge in [-0.1, -0.05) is 25.5 Å². The lowest BCUT2D eigenvalue weighted by Gasteiger charge is -2.19. The highest BCUT2D eigenvalue weighted by Crippen LogP contribution is 2.31. The van der Waals surface area contributed by atoms with Crippen LogP contribution in [-0.4, -0.2) is 50.2 Å². The predicted molar refractivity (Wildman–Crippen MR) is 121 cm³/mol. The van der Waals surface area contributed by atoms with Gasteiger partial charge in [0.25, 0.3) is 5.56 Å². The third-order valence-corrected chi connectivity index (χ3v) is 6.42. The van der Waals surface area contributed by atoms with Crippen LogP contribution in [0.1, 0.15) is 30.2 Å². The normalized spacial score (nSPS) is 16.6. The highest BCUT2D eigenvalue weighted by Gasteiger charge is 2.30. The summed E-state index contributed by atoms with van der Waals surface area (Å²) in [5.41, 5.74) is 1.60. The summed E-state index contributed by atoms with van der Waals surface area (Å²) in [5, 5.41) is 5.14. The van der Waals surface area contributed by atoms with E-state index in [2.05, 4.69) is 20.1 Å². The highest BCUT2D eigenvalue weighted by atomic mass is 32.2. The Morgan fingerprint density at radius 1 is 1.28 bits per heavy atom. The number of aromatic amines is 1. The van der Waals surface area contributed by atoms with Gasteiger partial charge in [-0.15, -0.1) is 11.8 Å². The van der Waals surface area contributed by atoms with E-state index in [4.69, 9.17) is 0 Å². The van der Waals surface area contributed by atoms with E-state index in [0.29, 0.717) is 39.9 Å². The van der Waals surface area contributed by atoms with Gasteiger partial charge in [0.1, 0.15) is 5.52 Å². The fraction of sp³-hybridized carbons (Fsp3) is 0.429. The first-order chi connectivity index (χ1) is 15.2. The number of likely N-dealkylation sites (N-methyl/N-ethyl adjacent to an activating group) is 1. The van der Waals surface area contributed by atoms with Crippen LogP contribution in [0.3, 0.4) is 0 Å². The lowest BCUT2D eigenvalue weighted by Crippen LogP contribution is -2.31. The average molecular weight is 465 g/mol. The Hall–Kier alpha value is -2.82. The molecule has 4 rings (SSSR count). The number of thioether (sulfide) groups is 1. The number of aromatic nitrogens is 4. The van der Waals surface area contributed by atoms with Crippen molar-refractivity contribution >= 4 is 33.8 Å². The highest BCUT2D eigenvalue weighted by molar-refractivity contribution is 8.14. The van der Waals surface area contributed by atoms with Crippen molar-refractivity contribution in [2.75, 3.05) is 24.2 Å². The van der Waals surface area contributed by atoms with Crippen LogP contribution >= 0.6 is 11.8 Å². The molecule has 7 nitrogen and oxygen atoms in total. The van der Waals surface area contributed by atoms with E-state index >= 15 is 0 Å². The van der Waals surface area contributed by atoms with E-state index in [1.165, 1.54) is 23.9 Å². The molecule has 1 atom stereocenters. The summed E-state index contributed by atoms with van der Waals surface area (Å²) in [5.74, 6) is 1.14. The van der Waals surface area contributed by atoms with Gasteiger partial charge in [-0.3, -0.25) is 19.5 Å². The zero-order chi connectivity index (χ0) is 23.0. The SMILES string of the molecule is CCCc1nn(C)c2c(=O)[nH]c(N(C)CC3CSC(c4ccc(C(F)(F)F)cc4)=N3)nc12. The molecule has 170 valence electrons. The van der Waals surface area contributed by atoms with Gasteiger partial charge in [0, 0.05) is 32.0 Å². The van der Waals surface area contributed by atoms with Crippen molar-refractivity contribution in [3.8, 4) is 0 Å². The minimum Gasteiger partial charge on any atom is -0.343 e. The van der Waals surface area contributed by atoms with E-state index in [1.54, 1.807) is 11.7 Å². The quantitative estimate of drug-likeness (QED) is 0.603. The number of hydrogen-bond acceptors (Lipinski definition) is 6. The molecule has 11 heteroatoms. The molecule has 0 fully saturated rings. The van der Waals surface area contributed by atoms with E-state index < -0.39 is 11.7 Å². The zero-order valence-electron chi connectivity index (χ0n) is 17.9. The van der Waals surface area contributed by atoms with Gasteiger partial charge in [-0.2, -0.15) is 18.3 Å². The number of fused-ring (bicyclic) bond motifs is 1. The Morgan fingerprint density at radius 3 is 2.66 bits per heavy atom. The zero-order valence-corrected chi connectivity index (χ0v) is 18.7. The number of aryl methyl sites for hydroxylation is 2. The number of benzene rings is 1. The summed E-state index contributed by atoms with van der Waals surface area (Å²) < 4.78 is 39.9. The van der Waals surface area contributed by atoms with Crippen molar-refractivity contribution in [1.82, 2.24) is 19.7 Å². The van der Waals surface area contributed by atoms with Gasteiger partial charge >= 0.3 is 6.18 Å². The van der Waals surface area contributed by atoms with E-state index in [0.717, 1.165) is 30.7 Å². The largest absolute Gasteiger partial charge is 0.416 e. The minimum absolute atomic E-state index is 0.0766. The Kier molecular flexibility index (Phi) is 6.02. The first-order valence-corrected chi connectivity index (χ1v) is 11.2. The van der Waals surface area contributed by atoms with Gasteiger partial charge in [0.2, 0.25) is 5.95 Å². The second-order valence-electron chi connectivity index (χ2n) is 7.76. The standard InChI is InChI=1S/C21H23F3N6OS/c1-4-5-15-16-17(30(3)28-15)18(31)27-20(26-16)29(2)10-14-11-32-19(25-14)12-6-8-13(9-7-12)21(22,23)24/h6-9,14H,4-5,10-11H2,1-3H3,(H,26,27,31). The molecule has 0 amide bonds. The van der Waals surface area contributed by atoms with Gasteiger partial charge in [-0.05, 0) is 18.6 Å². The number of hydrogen-bond donors (Lipinski definition) is 1. The number of aliphatic imine (C=N–C) groups is 1. The molecule has 1 N–H and O–H groups in total. The molecule has 1 aliphatic rings. The van der Waals surface area contributed by atoms with Crippen molar-refractivity contribution in [2.45, 2.75) is 32.0 Å². The third-order valence-electron chi connectivity index (χ3n) is 5.25. The lowest BCUT2D eigenvalue weighted by molar-refractivity contribution is -0.137. The maximum absolute atomic E-state index is 12.8. The van der Waals surface area contributed by atoms with Crippen molar-refractivity contribution in [3.63, 3.8) is 0 Å². The van der Waals surface area contributed by atoms with Crippen LogP contribution in [0.2, 0.25) is 0 Å². The minimum atomic E-state index is -4.36. The summed E-state index contributed by atoms with van der Waals surface area (Å²) in [4.78, 5) is 26.6. The Morgan fingerprint density at radius 2 is 2.00 bits per heavy atom. The molecule has 32 heavy (non-hydrogen) atoms. The molecule has 0 saturated heterocycles. The van der Waals surface area contributed by atoms with Crippen LogP contribution in [0.5, 0.6) is 0 Å². The topological polar surface area (TPSA) is 79.2 Å². The van der Waals surface area contributed by atoms with E-state index in [9.17, 15) is 18.0 Å². The second kappa shape index (κ2) is 8.61. The maximum atomic E-state index is 12.8. The van der Waals surface area contributed by atoms with Crippen molar-refractivity contribution in [3.05, 3.63) is 51.4 Å². The van der Waals surface area contributed by atoms with Crippen molar-refractivity contribution in [1.29, 1.82) is 0 Å². The summed E-state index contributed by atoms with van der Waals surface area (Å²) in [6.45, 7) is 2.56. The molecule has 2 aromatic heterocycles. The predicted octanol–water partition coefficient (Wildman–Crippen LogP) is 3.63. The van der Waals surface area contributed by atoms with Gasteiger partial charge in [0.15, 0.2) is 5.52 Å². The molecule has 1 unspecified atom stereocenters. The second-order valence-corrected chi connectivity index (χ2v) is 8.77. The van der Waals surface area contributed by atoms with Crippen molar-refractivity contribution < 1.29 is 13.2 Å². The molecule has 0 spiro atoms. The molecular formula is C21H23F3N6OS. The maximum Gasteiger partial charge on any atom is 0.416 e. The number of nitrogens with one attached hydrogen (secondary N) is 1. The number of alkyl halides is 3. The molecule has 0 saturated carbocycles. The summed E-state index contributed by atoms with van der Waals surface area (Å²) in [7, 11) is 3.56. The number of halogens is 3. The average Bonchev–Trinajstić information content (AvgIpc) is 3.32. The van der Waals surface area contributed by atoms with Crippen molar-refractivity contribution in [2.24, 2.45) is 12.0 Å². The van der Waals surface area contributed by atoms with Gasteiger partial charge in [0.05, 0.1) is 22.3 Å². The smallest absolute Gasteiger partial charge is 0.343 e. The molecule has 0 radical (unpaired) electrons. The fourth-order valence-corrected chi connectivity index (χ4v) is 4.75.